The van der Waals surface area contributed by atoms with Crippen molar-refractivity contribution < 1.29 is 14.3 Å². The standard InChI is InChI=1S/C29H35N7O4/c1-19(2)30-8-9-34(23-10-25(39-4)12-26(11-23)40-5)22-6-7-28-31-14-27(29(38)35(28)18-22)21-13-32-36(15-21)24-16-33(17-24)20(3)37/h6-7,10-15,18-19,24,30H,8-9,16-17H2,1-5H3. The van der Waals surface area contributed by atoms with Gasteiger partial charge in [0, 0.05) is 87.2 Å². The highest BCUT2D eigenvalue weighted by atomic mass is 16.5. The first-order chi connectivity index (χ1) is 19.3. The number of pyridine rings is 1. The van der Waals surface area contributed by atoms with E-state index >= 15 is 0 Å². The molecule has 1 saturated heterocycles. The zero-order valence-electron chi connectivity index (χ0n) is 23.5. The Morgan fingerprint density at radius 1 is 1.07 bits per heavy atom. The Balaban J connectivity index is 1.50. The van der Waals surface area contributed by atoms with Gasteiger partial charge < -0.3 is 24.6 Å². The molecule has 11 heteroatoms. The minimum Gasteiger partial charge on any atom is -0.497 e. The van der Waals surface area contributed by atoms with Gasteiger partial charge in [-0.15, -0.1) is 0 Å². The molecule has 11 nitrogen and oxygen atoms in total. The Morgan fingerprint density at radius 3 is 2.45 bits per heavy atom. The van der Waals surface area contributed by atoms with E-state index in [2.05, 4.69) is 34.1 Å². The van der Waals surface area contributed by atoms with Crippen LogP contribution in [0.2, 0.25) is 0 Å². The Labute approximate surface area is 232 Å². The second-order valence-electron chi connectivity index (χ2n) is 10.2. The lowest BCUT2D eigenvalue weighted by Gasteiger charge is -2.38. The number of rotatable bonds is 10. The number of hydrogen-bond acceptors (Lipinski definition) is 8. The molecule has 1 aromatic carbocycles. The van der Waals surface area contributed by atoms with Gasteiger partial charge >= 0.3 is 0 Å². The molecule has 1 aliphatic rings. The van der Waals surface area contributed by atoms with E-state index in [1.54, 1.807) is 42.8 Å². The molecule has 40 heavy (non-hydrogen) atoms. The second-order valence-corrected chi connectivity index (χ2v) is 10.2. The van der Waals surface area contributed by atoms with Crippen molar-refractivity contribution in [2.75, 3.05) is 45.3 Å². The molecule has 4 heterocycles. The Kier molecular flexibility index (Phi) is 7.74. The van der Waals surface area contributed by atoms with Crippen LogP contribution in [0.4, 0.5) is 11.4 Å². The number of aromatic nitrogens is 4. The summed E-state index contributed by atoms with van der Waals surface area (Å²) in [5.74, 6) is 1.40. The van der Waals surface area contributed by atoms with Crippen molar-refractivity contribution in [1.82, 2.24) is 29.4 Å². The molecule has 3 aromatic heterocycles. The van der Waals surface area contributed by atoms with Gasteiger partial charge in [-0.05, 0) is 12.1 Å². The van der Waals surface area contributed by atoms with Gasteiger partial charge in [0.2, 0.25) is 5.91 Å². The average Bonchev–Trinajstić information content (AvgIpc) is 3.39. The van der Waals surface area contributed by atoms with E-state index in [9.17, 15) is 9.59 Å². The van der Waals surface area contributed by atoms with E-state index in [1.165, 1.54) is 0 Å². The summed E-state index contributed by atoms with van der Waals surface area (Å²) in [6.45, 7) is 8.38. The monoisotopic (exact) mass is 545 g/mol. The number of nitrogens with zero attached hydrogens (tertiary/aromatic N) is 6. The number of carbonyl (C=O) groups is 1. The summed E-state index contributed by atoms with van der Waals surface area (Å²) in [7, 11) is 3.25. The Bertz CT molecular complexity index is 1550. The lowest BCUT2D eigenvalue weighted by atomic mass is 10.1. The predicted octanol–water partition coefficient (Wildman–Crippen LogP) is 3.11. The molecule has 0 saturated carbocycles. The molecule has 0 atom stereocenters. The predicted molar refractivity (Wildman–Crippen MR) is 154 cm³/mol. The van der Waals surface area contributed by atoms with Crippen LogP contribution in [0.25, 0.3) is 16.8 Å². The molecule has 4 aromatic rings. The smallest absolute Gasteiger partial charge is 0.265 e. The lowest BCUT2D eigenvalue weighted by molar-refractivity contribution is -0.134. The van der Waals surface area contributed by atoms with E-state index < -0.39 is 0 Å². The maximum absolute atomic E-state index is 13.7. The summed E-state index contributed by atoms with van der Waals surface area (Å²) in [4.78, 5) is 33.7. The minimum absolute atomic E-state index is 0.0535. The van der Waals surface area contributed by atoms with Crippen molar-refractivity contribution in [1.29, 1.82) is 0 Å². The molecule has 1 aliphatic heterocycles. The van der Waals surface area contributed by atoms with E-state index in [4.69, 9.17) is 9.47 Å². The first-order valence-electron chi connectivity index (χ1n) is 13.3. The van der Waals surface area contributed by atoms with Crippen molar-refractivity contribution in [2.45, 2.75) is 32.9 Å². The number of hydrogen-bond donors (Lipinski definition) is 1. The summed E-state index contributed by atoms with van der Waals surface area (Å²) in [6, 6.07) is 9.96. The number of carbonyl (C=O) groups excluding carboxylic acids is 1. The summed E-state index contributed by atoms with van der Waals surface area (Å²) in [5, 5.41) is 7.93. The molecule has 0 bridgehead atoms. The summed E-state index contributed by atoms with van der Waals surface area (Å²) < 4.78 is 14.4. The van der Waals surface area contributed by atoms with Gasteiger partial charge in [0.1, 0.15) is 17.1 Å². The van der Waals surface area contributed by atoms with Gasteiger partial charge in [-0.2, -0.15) is 5.10 Å². The number of nitrogens with one attached hydrogen (secondary N) is 1. The molecule has 5 rings (SSSR count). The number of fused-ring (bicyclic) bond motifs is 1. The zero-order chi connectivity index (χ0) is 28.4. The number of ether oxygens (including phenoxy) is 2. The van der Waals surface area contributed by atoms with Crippen molar-refractivity contribution >= 4 is 22.9 Å². The molecule has 1 amide bonds. The fourth-order valence-electron chi connectivity index (χ4n) is 4.80. The number of likely N-dealkylation sites (tertiary alicyclic amines) is 1. The van der Waals surface area contributed by atoms with E-state index in [-0.39, 0.29) is 17.5 Å². The number of anilines is 2. The Hall–Kier alpha value is -4.38. The topological polar surface area (TPSA) is 106 Å². The normalized spacial score (nSPS) is 13.5. The maximum atomic E-state index is 13.7. The van der Waals surface area contributed by atoms with Crippen molar-refractivity contribution in [2.24, 2.45) is 0 Å². The SMILES string of the molecule is COc1cc(OC)cc(N(CCNC(C)C)c2ccc3ncc(-c4cnn(C5CN(C(C)=O)C5)c4)c(=O)n3c2)c1. The quantitative estimate of drug-likeness (QED) is 0.324. The third-order valence-corrected chi connectivity index (χ3v) is 7.13. The van der Waals surface area contributed by atoms with Crippen LogP contribution in [0.15, 0.2) is 59.9 Å². The fourth-order valence-corrected chi connectivity index (χ4v) is 4.80. The third-order valence-electron chi connectivity index (χ3n) is 7.13. The molecule has 0 aliphatic carbocycles. The van der Waals surface area contributed by atoms with Crippen LogP contribution in [-0.4, -0.2) is 76.4 Å². The molecule has 0 unspecified atom stereocenters. The molecule has 0 radical (unpaired) electrons. The van der Waals surface area contributed by atoms with E-state index in [0.717, 1.165) is 17.9 Å². The van der Waals surface area contributed by atoms with Crippen molar-refractivity contribution in [3.63, 3.8) is 0 Å². The van der Waals surface area contributed by atoms with Crippen LogP contribution in [-0.2, 0) is 4.79 Å². The highest BCUT2D eigenvalue weighted by Crippen LogP contribution is 2.33. The number of amides is 1. The van der Waals surface area contributed by atoms with E-state index in [1.807, 2.05) is 47.4 Å². The molecular formula is C29H35N7O4. The van der Waals surface area contributed by atoms with Crippen LogP contribution in [0, 0.1) is 0 Å². The van der Waals surface area contributed by atoms with Gasteiger partial charge in [-0.25, -0.2) is 4.98 Å². The van der Waals surface area contributed by atoms with Gasteiger partial charge in [0.25, 0.3) is 5.56 Å². The van der Waals surface area contributed by atoms with Crippen molar-refractivity contribution in [3.8, 4) is 22.6 Å². The van der Waals surface area contributed by atoms with Gasteiger partial charge in [-0.3, -0.25) is 18.7 Å². The molecular weight excluding hydrogens is 510 g/mol. The van der Waals surface area contributed by atoms with Gasteiger partial charge in [-0.1, -0.05) is 13.8 Å². The van der Waals surface area contributed by atoms with Crippen molar-refractivity contribution in [3.05, 3.63) is 65.5 Å². The number of benzene rings is 1. The highest BCUT2D eigenvalue weighted by molar-refractivity contribution is 5.74. The molecule has 1 fully saturated rings. The van der Waals surface area contributed by atoms with Crippen LogP contribution in [0.3, 0.4) is 0 Å². The lowest BCUT2D eigenvalue weighted by Crippen LogP contribution is -2.49. The largest absolute Gasteiger partial charge is 0.497 e. The van der Waals surface area contributed by atoms with Crippen LogP contribution < -0.4 is 25.2 Å². The molecule has 1 N–H and O–H groups in total. The first kappa shape index (κ1) is 27.2. The van der Waals surface area contributed by atoms with Gasteiger partial charge in [0.15, 0.2) is 0 Å². The fraction of sp³-hybridized carbons (Fsp3) is 0.379. The average molecular weight is 546 g/mol. The first-order valence-corrected chi connectivity index (χ1v) is 13.3. The third kappa shape index (κ3) is 5.50. The zero-order valence-corrected chi connectivity index (χ0v) is 23.5. The maximum Gasteiger partial charge on any atom is 0.265 e. The van der Waals surface area contributed by atoms with Crippen LogP contribution in [0.5, 0.6) is 11.5 Å². The van der Waals surface area contributed by atoms with Crippen LogP contribution in [0.1, 0.15) is 26.8 Å². The summed E-state index contributed by atoms with van der Waals surface area (Å²) >= 11 is 0. The van der Waals surface area contributed by atoms with Gasteiger partial charge in [0.05, 0.1) is 37.7 Å². The second kappa shape index (κ2) is 11.4. The van der Waals surface area contributed by atoms with E-state index in [0.29, 0.717) is 53.9 Å². The molecule has 0 spiro atoms. The Morgan fingerprint density at radius 2 is 1.80 bits per heavy atom. The minimum atomic E-state index is -0.186. The summed E-state index contributed by atoms with van der Waals surface area (Å²) in [6.07, 6.45) is 6.94. The number of methoxy groups -OCH3 is 2. The highest BCUT2D eigenvalue weighted by Gasteiger charge is 2.30. The summed E-state index contributed by atoms with van der Waals surface area (Å²) in [5.41, 5.74) is 3.20. The molecule has 210 valence electrons. The van der Waals surface area contributed by atoms with Crippen LogP contribution >= 0.6 is 0 Å².